The van der Waals surface area contributed by atoms with Gasteiger partial charge in [-0.1, -0.05) is 6.07 Å². The molecule has 0 bridgehead atoms. The molecule has 4 rings (SSSR count). The van der Waals surface area contributed by atoms with E-state index in [4.69, 9.17) is 10.5 Å². The number of aromatic nitrogens is 2. The Morgan fingerprint density at radius 2 is 2.16 bits per heavy atom. The number of halogens is 2. The molecule has 168 valence electrons. The van der Waals surface area contributed by atoms with Crippen molar-refractivity contribution in [1.29, 1.82) is 0 Å². The number of alkyl halides is 1. The number of anilines is 1. The number of nitrogens with two attached hydrogens (primary N) is 1. The van der Waals surface area contributed by atoms with Gasteiger partial charge in [0.2, 0.25) is 0 Å². The van der Waals surface area contributed by atoms with Crippen molar-refractivity contribution in [2.24, 2.45) is 16.6 Å². The molecule has 0 spiro atoms. The second kappa shape index (κ2) is 8.64. The van der Waals surface area contributed by atoms with E-state index in [0.717, 1.165) is 6.54 Å². The number of rotatable bonds is 8. The molecule has 2 aromatic rings. The Kier molecular flexibility index (Phi) is 5.90. The first-order valence-corrected chi connectivity index (χ1v) is 10.5. The topological polar surface area (TPSA) is 102 Å². The van der Waals surface area contributed by atoms with Crippen LogP contribution in [0.5, 0.6) is 0 Å². The Bertz CT molecular complexity index is 1110. The van der Waals surface area contributed by atoms with Crippen molar-refractivity contribution in [1.82, 2.24) is 9.97 Å². The number of ketones is 1. The molecule has 0 amide bonds. The molecule has 0 radical (unpaired) electrons. The van der Waals surface area contributed by atoms with Gasteiger partial charge in [0.25, 0.3) is 6.02 Å². The number of hydrogen-bond acceptors (Lipinski definition) is 7. The number of ether oxygens (including phenoxy) is 1. The van der Waals surface area contributed by atoms with E-state index in [9.17, 15) is 13.6 Å². The third-order valence-electron chi connectivity index (χ3n) is 5.50. The number of aryl methyl sites for hydroxylation is 1. The van der Waals surface area contributed by atoms with Crippen LogP contribution in [0.25, 0.3) is 0 Å². The Morgan fingerprint density at radius 1 is 1.38 bits per heavy atom. The highest BCUT2D eigenvalue weighted by Crippen LogP contribution is 2.34. The SMILES string of the molecule is Cc1cnc(C(=O)Cc2ccc(F)c([C@]3(C)C=C(CF)OC(N)=N3)c2)c(NCC2CC2)n1. The molecule has 1 aliphatic heterocycles. The van der Waals surface area contributed by atoms with Crippen LogP contribution in [0, 0.1) is 18.7 Å². The van der Waals surface area contributed by atoms with Crippen LogP contribution < -0.4 is 11.1 Å². The molecule has 1 aromatic heterocycles. The Balaban J connectivity index is 1.60. The maximum Gasteiger partial charge on any atom is 0.288 e. The minimum Gasteiger partial charge on any atom is -0.428 e. The summed E-state index contributed by atoms with van der Waals surface area (Å²) in [6.45, 7) is 3.28. The molecular formula is C23H25F2N5O2. The van der Waals surface area contributed by atoms with Crippen LogP contribution in [0.4, 0.5) is 14.6 Å². The molecular weight excluding hydrogens is 416 g/mol. The number of carbonyl (C=O) groups excluding carboxylic acids is 1. The monoisotopic (exact) mass is 441 g/mol. The molecule has 0 unspecified atom stereocenters. The number of nitrogens with zero attached hydrogens (tertiary/aromatic N) is 3. The summed E-state index contributed by atoms with van der Waals surface area (Å²) in [6, 6.07) is 4.09. The van der Waals surface area contributed by atoms with Crippen LogP contribution in [0.1, 0.15) is 47.1 Å². The smallest absolute Gasteiger partial charge is 0.288 e. The zero-order valence-electron chi connectivity index (χ0n) is 18.0. The molecule has 9 heteroatoms. The molecule has 1 aromatic carbocycles. The van der Waals surface area contributed by atoms with Gasteiger partial charge in [0.1, 0.15) is 29.5 Å². The number of aliphatic imine (C=N–C) groups is 1. The standard InChI is InChI=1S/C23H25F2N5O2/c1-13-11-27-20(21(29-13)28-12-14-3-4-14)19(31)8-15-5-6-18(25)17(7-15)23(2)9-16(10-24)32-22(26)30-23/h5-7,9,11,14H,3-4,8,10,12H2,1-2H3,(H2,26,30)(H,28,29)/t23-/m0/s1. The Hall–Kier alpha value is -3.36. The molecule has 1 saturated carbocycles. The molecule has 0 saturated heterocycles. The summed E-state index contributed by atoms with van der Waals surface area (Å²) in [5.74, 6) is 0.248. The van der Waals surface area contributed by atoms with Gasteiger partial charge in [0, 0.05) is 24.7 Å². The minimum absolute atomic E-state index is 0.00537. The second-order valence-corrected chi connectivity index (χ2v) is 8.39. The van der Waals surface area contributed by atoms with Crippen molar-refractivity contribution in [2.75, 3.05) is 18.5 Å². The zero-order chi connectivity index (χ0) is 22.9. The van der Waals surface area contributed by atoms with E-state index in [-0.39, 0.29) is 35.2 Å². The van der Waals surface area contributed by atoms with Crippen molar-refractivity contribution in [3.63, 3.8) is 0 Å². The van der Waals surface area contributed by atoms with Gasteiger partial charge in [-0.2, -0.15) is 0 Å². The van der Waals surface area contributed by atoms with E-state index in [1.54, 1.807) is 19.2 Å². The molecule has 3 N–H and O–H groups in total. The van der Waals surface area contributed by atoms with Crippen LogP contribution in [-0.4, -0.2) is 35.0 Å². The highest BCUT2D eigenvalue weighted by atomic mass is 19.1. The summed E-state index contributed by atoms with van der Waals surface area (Å²) in [5, 5.41) is 3.23. The lowest BCUT2D eigenvalue weighted by atomic mass is 9.88. The van der Waals surface area contributed by atoms with Crippen LogP contribution in [-0.2, 0) is 16.7 Å². The summed E-state index contributed by atoms with van der Waals surface area (Å²) in [7, 11) is 0. The Labute approximate surface area is 184 Å². The number of hydrogen-bond donors (Lipinski definition) is 2. The van der Waals surface area contributed by atoms with Crippen LogP contribution in [0.3, 0.4) is 0 Å². The molecule has 2 heterocycles. The fourth-order valence-corrected chi connectivity index (χ4v) is 3.67. The summed E-state index contributed by atoms with van der Waals surface area (Å²) in [6.07, 6.45) is 5.27. The average Bonchev–Trinajstić information content (AvgIpc) is 3.57. The third kappa shape index (κ3) is 4.76. The number of allylic oxidation sites excluding steroid dienone is 1. The molecule has 1 fully saturated rings. The van der Waals surface area contributed by atoms with Crippen molar-refractivity contribution in [3.05, 3.63) is 64.6 Å². The van der Waals surface area contributed by atoms with E-state index in [1.807, 2.05) is 6.92 Å². The number of Topliss-reactive ketones (excluding diaryl/α,β-unsaturated/α-hetero) is 1. The van der Waals surface area contributed by atoms with Crippen LogP contribution in [0.2, 0.25) is 0 Å². The minimum atomic E-state index is -1.26. The van der Waals surface area contributed by atoms with E-state index < -0.39 is 18.0 Å². The maximum atomic E-state index is 14.7. The number of amidine groups is 1. The van der Waals surface area contributed by atoms with Crippen molar-refractivity contribution in [2.45, 2.75) is 38.6 Å². The van der Waals surface area contributed by atoms with Crippen LogP contribution in [0.15, 0.2) is 41.2 Å². The van der Waals surface area contributed by atoms with E-state index >= 15 is 0 Å². The number of nitrogens with one attached hydrogen (secondary N) is 1. The highest BCUT2D eigenvalue weighted by Gasteiger charge is 2.32. The lowest BCUT2D eigenvalue weighted by molar-refractivity contribution is 0.0988. The van der Waals surface area contributed by atoms with Gasteiger partial charge >= 0.3 is 0 Å². The lowest BCUT2D eigenvalue weighted by Gasteiger charge is -2.28. The number of carbonyl (C=O) groups is 1. The van der Waals surface area contributed by atoms with Crippen molar-refractivity contribution < 1.29 is 18.3 Å². The third-order valence-corrected chi connectivity index (χ3v) is 5.50. The first-order valence-electron chi connectivity index (χ1n) is 10.5. The molecule has 1 aliphatic carbocycles. The maximum absolute atomic E-state index is 14.7. The zero-order valence-corrected chi connectivity index (χ0v) is 18.0. The van der Waals surface area contributed by atoms with Gasteiger partial charge in [0.15, 0.2) is 11.6 Å². The fraction of sp³-hybridized carbons (Fsp3) is 0.391. The van der Waals surface area contributed by atoms with Crippen molar-refractivity contribution >= 4 is 17.6 Å². The van der Waals surface area contributed by atoms with Gasteiger partial charge in [-0.05, 0) is 56.4 Å². The van der Waals surface area contributed by atoms with Crippen molar-refractivity contribution in [3.8, 4) is 0 Å². The normalized spacial score (nSPS) is 20.2. The predicted octanol–water partition coefficient (Wildman–Crippen LogP) is 3.58. The number of benzene rings is 1. The highest BCUT2D eigenvalue weighted by molar-refractivity contribution is 5.99. The molecule has 1 atom stereocenters. The van der Waals surface area contributed by atoms with Crippen LogP contribution >= 0.6 is 0 Å². The summed E-state index contributed by atoms with van der Waals surface area (Å²) in [4.78, 5) is 25.9. The van der Waals surface area contributed by atoms with E-state index in [0.29, 0.717) is 23.0 Å². The largest absolute Gasteiger partial charge is 0.428 e. The fourth-order valence-electron chi connectivity index (χ4n) is 3.67. The summed E-state index contributed by atoms with van der Waals surface area (Å²) >= 11 is 0. The summed E-state index contributed by atoms with van der Waals surface area (Å²) < 4.78 is 32.9. The van der Waals surface area contributed by atoms with Gasteiger partial charge in [-0.3, -0.25) is 4.79 Å². The summed E-state index contributed by atoms with van der Waals surface area (Å²) in [5.41, 5.74) is 6.10. The lowest BCUT2D eigenvalue weighted by Crippen LogP contribution is -2.31. The average molecular weight is 441 g/mol. The first kappa shape index (κ1) is 21.9. The van der Waals surface area contributed by atoms with Gasteiger partial charge in [-0.15, -0.1) is 0 Å². The molecule has 7 nitrogen and oxygen atoms in total. The molecule has 32 heavy (non-hydrogen) atoms. The van der Waals surface area contributed by atoms with Gasteiger partial charge in [-0.25, -0.2) is 23.7 Å². The first-order chi connectivity index (χ1) is 15.3. The van der Waals surface area contributed by atoms with Gasteiger partial charge < -0.3 is 15.8 Å². The quantitative estimate of drug-likeness (QED) is 0.607. The van der Waals surface area contributed by atoms with Gasteiger partial charge in [0.05, 0.1) is 5.69 Å². The Morgan fingerprint density at radius 3 is 2.88 bits per heavy atom. The molecule has 2 aliphatic rings. The second-order valence-electron chi connectivity index (χ2n) is 8.39. The predicted molar refractivity (Wildman–Crippen MR) is 117 cm³/mol. The van der Waals surface area contributed by atoms with E-state index in [1.165, 1.54) is 31.1 Å². The van der Waals surface area contributed by atoms with E-state index in [2.05, 4.69) is 20.3 Å².